The monoisotopic (exact) mass is 276 g/mol. The zero-order chi connectivity index (χ0) is 14.8. The molecule has 0 spiro atoms. The Hall–Kier alpha value is -2.35. The minimum atomic E-state index is -4.44. The molecule has 0 radical (unpaired) electrons. The molecule has 1 heterocycles. The smallest absolute Gasteiger partial charge is 0.260 e. The Balaban J connectivity index is 2.49. The molecule has 0 bridgehead atoms. The van der Waals surface area contributed by atoms with Crippen molar-refractivity contribution in [1.29, 1.82) is 5.26 Å². The van der Waals surface area contributed by atoms with Gasteiger partial charge in [0.1, 0.15) is 5.92 Å². The first-order valence-corrected chi connectivity index (χ1v) is 5.92. The molecule has 102 valence electrons. The lowest BCUT2D eigenvalue weighted by molar-refractivity contribution is -0.137. The van der Waals surface area contributed by atoms with Gasteiger partial charge in [-0.3, -0.25) is 4.98 Å². The average Bonchev–Trinajstić information content (AvgIpc) is 2.41. The Morgan fingerprint density at radius 1 is 1.20 bits per heavy atom. The lowest BCUT2D eigenvalue weighted by Gasteiger charge is -2.13. The van der Waals surface area contributed by atoms with Gasteiger partial charge in [-0.15, -0.1) is 0 Å². The second-order valence-electron chi connectivity index (χ2n) is 4.39. The topological polar surface area (TPSA) is 36.7 Å². The van der Waals surface area contributed by atoms with Crippen LogP contribution in [0.25, 0.3) is 0 Å². The molecule has 0 aliphatic carbocycles. The van der Waals surface area contributed by atoms with Gasteiger partial charge in [-0.2, -0.15) is 18.4 Å². The zero-order valence-corrected chi connectivity index (χ0v) is 10.6. The maximum absolute atomic E-state index is 12.7. The van der Waals surface area contributed by atoms with Gasteiger partial charge in [-0.25, -0.2) is 0 Å². The Bertz CT molecular complexity index is 657. The summed E-state index contributed by atoms with van der Waals surface area (Å²) in [7, 11) is 0. The molecule has 5 heteroatoms. The van der Waals surface area contributed by atoms with Crippen LogP contribution >= 0.6 is 0 Å². The quantitative estimate of drug-likeness (QED) is 0.829. The van der Waals surface area contributed by atoms with Crippen molar-refractivity contribution in [2.45, 2.75) is 19.0 Å². The first kappa shape index (κ1) is 14.1. The normalized spacial score (nSPS) is 12.8. The molecule has 0 saturated carbocycles. The van der Waals surface area contributed by atoms with E-state index in [1.54, 1.807) is 12.1 Å². The molecule has 2 rings (SSSR count). The van der Waals surface area contributed by atoms with Gasteiger partial charge in [-0.1, -0.05) is 24.3 Å². The van der Waals surface area contributed by atoms with Crippen molar-refractivity contribution < 1.29 is 13.2 Å². The van der Waals surface area contributed by atoms with Crippen molar-refractivity contribution in [2.75, 3.05) is 0 Å². The third-order valence-electron chi connectivity index (χ3n) is 3.03. The van der Waals surface area contributed by atoms with Crippen LogP contribution in [-0.4, -0.2) is 4.98 Å². The van der Waals surface area contributed by atoms with Crippen molar-refractivity contribution in [3.8, 4) is 6.07 Å². The number of nitriles is 1. The third kappa shape index (κ3) is 2.80. The lowest BCUT2D eigenvalue weighted by atomic mass is 9.92. The number of hydrogen-bond acceptors (Lipinski definition) is 2. The zero-order valence-electron chi connectivity index (χ0n) is 10.6. The summed E-state index contributed by atoms with van der Waals surface area (Å²) in [5.41, 5.74) is 0.827. The number of hydrogen-bond donors (Lipinski definition) is 0. The van der Waals surface area contributed by atoms with E-state index in [1.165, 1.54) is 0 Å². The maximum Gasteiger partial charge on any atom is 0.416 e. The SMILES string of the molecule is Cc1ccccc1C(C#N)c1cc(C(F)(F)F)ccn1. The molecule has 1 aromatic heterocycles. The van der Waals surface area contributed by atoms with Gasteiger partial charge in [0.15, 0.2) is 0 Å². The fourth-order valence-corrected chi connectivity index (χ4v) is 1.99. The van der Waals surface area contributed by atoms with Crippen molar-refractivity contribution in [3.63, 3.8) is 0 Å². The number of benzene rings is 1. The first-order valence-electron chi connectivity index (χ1n) is 5.92. The van der Waals surface area contributed by atoms with Gasteiger partial charge in [0, 0.05) is 6.20 Å². The molecule has 2 nitrogen and oxygen atoms in total. The highest BCUT2D eigenvalue weighted by Gasteiger charge is 2.31. The van der Waals surface area contributed by atoms with E-state index in [9.17, 15) is 18.4 Å². The van der Waals surface area contributed by atoms with Gasteiger partial charge >= 0.3 is 6.18 Å². The highest BCUT2D eigenvalue weighted by Crippen LogP contribution is 2.32. The van der Waals surface area contributed by atoms with Crippen molar-refractivity contribution in [3.05, 3.63) is 65.0 Å². The molecule has 2 aromatic rings. The van der Waals surface area contributed by atoms with E-state index < -0.39 is 17.7 Å². The summed E-state index contributed by atoms with van der Waals surface area (Å²) in [6.45, 7) is 1.81. The molecule has 0 saturated heterocycles. The molecule has 1 aromatic carbocycles. The molecule has 0 aliphatic heterocycles. The number of aromatic nitrogens is 1. The van der Waals surface area contributed by atoms with Gasteiger partial charge < -0.3 is 0 Å². The second-order valence-corrected chi connectivity index (χ2v) is 4.39. The van der Waals surface area contributed by atoms with Crippen LogP contribution in [-0.2, 0) is 6.18 Å². The standard InChI is InChI=1S/C15H11F3N2/c1-10-4-2-3-5-12(10)13(9-19)14-8-11(6-7-20-14)15(16,17)18/h2-8,13H,1H3. The van der Waals surface area contributed by atoms with Gasteiger partial charge in [-0.05, 0) is 30.2 Å². The molecule has 1 unspecified atom stereocenters. The van der Waals surface area contributed by atoms with Gasteiger partial charge in [0.05, 0.1) is 17.3 Å². The van der Waals surface area contributed by atoms with E-state index in [0.717, 1.165) is 23.9 Å². The van der Waals surface area contributed by atoms with Gasteiger partial charge in [0.25, 0.3) is 0 Å². The highest BCUT2D eigenvalue weighted by atomic mass is 19.4. The second kappa shape index (κ2) is 5.33. The summed E-state index contributed by atoms with van der Waals surface area (Å²) >= 11 is 0. The molecule has 0 fully saturated rings. The van der Waals surface area contributed by atoms with E-state index >= 15 is 0 Å². The van der Waals surface area contributed by atoms with Crippen LogP contribution in [0.3, 0.4) is 0 Å². The first-order chi connectivity index (χ1) is 9.43. The number of rotatable bonds is 2. The minimum Gasteiger partial charge on any atom is -0.260 e. The molecule has 0 N–H and O–H groups in total. The van der Waals surface area contributed by atoms with Crippen LogP contribution in [0.5, 0.6) is 0 Å². The summed E-state index contributed by atoms with van der Waals surface area (Å²) in [5, 5.41) is 9.28. The molecule has 20 heavy (non-hydrogen) atoms. The maximum atomic E-state index is 12.7. The molecule has 0 amide bonds. The van der Waals surface area contributed by atoms with E-state index in [0.29, 0.717) is 5.56 Å². The number of nitrogens with zero attached hydrogens (tertiary/aromatic N) is 2. The van der Waals surface area contributed by atoms with Crippen LogP contribution in [0.4, 0.5) is 13.2 Å². The average molecular weight is 276 g/mol. The van der Waals surface area contributed by atoms with E-state index in [1.807, 2.05) is 25.1 Å². The minimum absolute atomic E-state index is 0.108. The summed E-state index contributed by atoms with van der Waals surface area (Å²) in [6.07, 6.45) is -3.36. The van der Waals surface area contributed by atoms with Crippen molar-refractivity contribution >= 4 is 0 Å². The number of pyridine rings is 1. The van der Waals surface area contributed by atoms with Crippen LogP contribution < -0.4 is 0 Å². The molecular formula is C15H11F3N2. The fourth-order valence-electron chi connectivity index (χ4n) is 1.99. The predicted octanol–water partition coefficient (Wildman–Crippen LogP) is 4.06. The summed E-state index contributed by atoms with van der Waals surface area (Å²) in [6, 6.07) is 11.0. The Labute approximate surface area is 114 Å². The van der Waals surface area contributed by atoms with Crippen molar-refractivity contribution in [2.24, 2.45) is 0 Å². The Morgan fingerprint density at radius 3 is 2.50 bits per heavy atom. The fraction of sp³-hybridized carbons (Fsp3) is 0.200. The number of alkyl halides is 3. The highest BCUT2D eigenvalue weighted by molar-refractivity contribution is 5.40. The summed E-state index contributed by atoms with van der Waals surface area (Å²) in [5.74, 6) is -0.807. The van der Waals surface area contributed by atoms with Crippen molar-refractivity contribution in [1.82, 2.24) is 4.98 Å². The van der Waals surface area contributed by atoms with E-state index in [-0.39, 0.29) is 5.69 Å². The summed E-state index contributed by atoms with van der Waals surface area (Å²) < 4.78 is 38.1. The predicted molar refractivity (Wildman–Crippen MR) is 67.9 cm³/mol. The lowest BCUT2D eigenvalue weighted by Crippen LogP contribution is -2.09. The van der Waals surface area contributed by atoms with Crippen LogP contribution in [0, 0.1) is 18.3 Å². The van der Waals surface area contributed by atoms with Gasteiger partial charge in [0.2, 0.25) is 0 Å². The third-order valence-corrected chi connectivity index (χ3v) is 3.03. The largest absolute Gasteiger partial charge is 0.416 e. The van der Waals surface area contributed by atoms with Crippen LogP contribution in [0.15, 0.2) is 42.6 Å². The molecule has 1 atom stereocenters. The van der Waals surface area contributed by atoms with Crippen LogP contribution in [0.2, 0.25) is 0 Å². The Morgan fingerprint density at radius 2 is 1.90 bits per heavy atom. The Kier molecular flexibility index (Phi) is 3.75. The molecular weight excluding hydrogens is 265 g/mol. The number of halogens is 3. The van der Waals surface area contributed by atoms with E-state index in [2.05, 4.69) is 4.98 Å². The number of aryl methyl sites for hydroxylation is 1. The molecule has 0 aliphatic rings. The van der Waals surface area contributed by atoms with E-state index in [4.69, 9.17) is 0 Å². The van der Waals surface area contributed by atoms with Crippen LogP contribution in [0.1, 0.15) is 28.3 Å². The summed E-state index contributed by atoms with van der Waals surface area (Å²) in [4.78, 5) is 3.92.